The average Bonchev–Trinajstić information content (AvgIpc) is 3.07. The molecule has 4 nitrogen and oxygen atoms in total. The maximum absolute atomic E-state index is 4.59. The second kappa shape index (κ2) is 5.23. The molecule has 2 aliphatic rings. The van der Waals surface area contributed by atoms with E-state index in [1.54, 1.807) is 0 Å². The van der Waals surface area contributed by atoms with E-state index < -0.39 is 0 Å². The molecule has 0 amide bonds. The van der Waals surface area contributed by atoms with Crippen LogP contribution in [-0.4, -0.2) is 27.9 Å². The SMILES string of the molecule is CCC1(c2nnc(C)n2C2CCCCC2)CCNC1. The van der Waals surface area contributed by atoms with Crippen molar-refractivity contribution >= 4 is 0 Å². The van der Waals surface area contributed by atoms with Crippen LogP contribution in [0, 0.1) is 6.92 Å². The summed E-state index contributed by atoms with van der Waals surface area (Å²) in [6, 6.07) is 0.641. The highest BCUT2D eigenvalue weighted by molar-refractivity contribution is 5.15. The van der Waals surface area contributed by atoms with E-state index in [9.17, 15) is 0 Å². The summed E-state index contributed by atoms with van der Waals surface area (Å²) in [5.41, 5.74) is 0.221. The number of nitrogens with zero attached hydrogens (tertiary/aromatic N) is 3. The van der Waals surface area contributed by atoms with Crippen LogP contribution < -0.4 is 5.32 Å². The van der Waals surface area contributed by atoms with Gasteiger partial charge >= 0.3 is 0 Å². The molecule has 1 saturated heterocycles. The van der Waals surface area contributed by atoms with Gasteiger partial charge in [-0.05, 0) is 39.2 Å². The molecule has 1 N–H and O–H groups in total. The Hall–Kier alpha value is -0.900. The van der Waals surface area contributed by atoms with Gasteiger partial charge in [-0.1, -0.05) is 26.2 Å². The topological polar surface area (TPSA) is 42.7 Å². The Bertz CT molecular complexity index is 425. The molecule has 1 aromatic rings. The fourth-order valence-electron chi connectivity index (χ4n) is 3.90. The highest BCUT2D eigenvalue weighted by Gasteiger charge is 2.40. The summed E-state index contributed by atoms with van der Waals surface area (Å²) in [6.07, 6.45) is 9.09. The molecule has 0 aromatic carbocycles. The van der Waals surface area contributed by atoms with E-state index in [1.165, 1.54) is 44.3 Å². The summed E-state index contributed by atoms with van der Waals surface area (Å²) in [5.74, 6) is 2.37. The second-order valence-electron chi connectivity index (χ2n) is 6.29. The molecule has 0 radical (unpaired) electrons. The molecule has 0 bridgehead atoms. The van der Waals surface area contributed by atoms with Gasteiger partial charge in [0.25, 0.3) is 0 Å². The lowest BCUT2D eigenvalue weighted by molar-refractivity contribution is 0.311. The van der Waals surface area contributed by atoms with Crippen LogP contribution in [0.5, 0.6) is 0 Å². The summed E-state index contributed by atoms with van der Waals surface area (Å²) < 4.78 is 2.48. The number of aryl methyl sites for hydroxylation is 1. The van der Waals surface area contributed by atoms with E-state index in [2.05, 4.69) is 33.9 Å². The van der Waals surface area contributed by atoms with E-state index in [0.29, 0.717) is 6.04 Å². The molecule has 1 unspecified atom stereocenters. The van der Waals surface area contributed by atoms with Crippen LogP contribution in [0.3, 0.4) is 0 Å². The number of hydrogen-bond donors (Lipinski definition) is 1. The van der Waals surface area contributed by atoms with Gasteiger partial charge in [0, 0.05) is 18.0 Å². The third-order valence-electron chi connectivity index (χ3n) is 5.20. The van der Waals surface area contributed by atoms with Gasteiger partial charge in [-0.2, -0.15) is 0 Å². The molecule has 2 heterocycles. The molecule has 3 rings (SSSR count). The number of rotatable bonds is 3. The van der Waals surface area contributed by atoms with Gasteiger partial charge in [-0.25, -0.2) is 0 Å². The maximum Gasteiger partial charge on any atom is 0.140 e. The molecule has 1 aliphatic heterocycles. The van der Waals surface area contributed by atoms with Crippen LogP contribution in [0.1, 0.15) is 69.6 Å². The Kier molecular flexibility index (Phi) is 3.61. The minimum absolute atomic E-state index is 0.221. The molecule has 1 aliphatic carbocycles. The van der Waals surface area contributed by atoms with E-state index >= 15 is 0 Å². The summed E-state index contributed by atoms with van der Waals surface area (Å²) in [4.78, 5) is 0. The van der Waals surface area contributed by atoms with Crippen molar-refractivity contribution < 1.29 is 0 Å². The molecule has 19 heavy (non-hydrogen) atoms. The van der Waals surface area contributed by atoms with Crippen LogP contribution in [0.4, 0.5) is 0 Å². The Balaban J connectivity index is 1.97. The third-order valence-corrected chi connectivity index (χ3v) is 5.20. The van der Waals surface area contributed by atoms with Gasteiger partial charge < -0.3 is 9.88 Å². The van der Waals surface area contributed by atoms with E-state index in [4.69, 9.17) is 0 Å². The predicted molar refractivity (Wildman–Crippen MR) is 76.3 cm³/mol. The minimum atomic E-state index is 0.221. The van der Waals surface area contributed by atoms with Crippen LogP contribution >= 0.6 is 0 Å². The zero-order valence-corrected chi connectivity index (χ0v) is 12.3. The van der Waals surface area contributed by atoms with Gasteiger partial charge in [0.1, 0.15) is 11.6 Å². The summed E-state index contributed by atoms with van der Waals surface area (Å²) >= 11 is 0. The molecule has 0 spiro atoms. The Labute approximate surface area is 116 Å². The number of nitrogens with one attached hydrogen (secondary N) is 1. The fraction of sp³-hybridized carbons (Fsp3) is 0.867. The van der Waals surface area contributed by atoms with Crippen LogP contribution in [0.15, 0.2) is 0 Å². The van der Waals surface area contributed by atoms with E-state index in [1.807, 2.05) is 0 Å². The standard InChI is InChI=1S/C15H26N4/c1-3-15(9-10-16-11-15)14-18-17-12(2)19(14)13-7-5-4-6-8-13/h13,16H,3-11H2,1-2H3. The Morgan fingerprint density at radius 2 is 2.05 bits per heavy atom. The van der Waals surface area contributed by atoms with Crippen LogP contribution in [-0.2, 0) is 5.41 Å². The first-order valence-electron chi connectivity index (χ1n) is 7.89. The zero-order chi connectivity index (χ0) is 13.3. The monoisotopic (exact) mass is 262 g/mol. The molecule has 106 valence electrons. The second-order valence-corrected chi connectivity index (χ2v) is 6.29. The van der Waals surface area contributed by atoms with Crippen molar-refractivity contribution in [2.75, 3.05) is 13.1 Å². The fourth-order valence-corrected chi connectivity index (χ4v) is 3.90. The summed E-state index contributed by atoms with van der Waals surface area (Å²) in [5, 5.41) is 12.5. The molecule has 1 saturated carbocycles. The lowest BCUT2D eigenvalue weighted by Crippen LogP contribution is -2.33. The number of hydrogen-bond acceptors (Lipinski definition) is 3. The molecule has 2 fully saturated rings. The van der Waals surface area contributed by atoms with Crippen LogP contribution in [0.2, 0.25) is 0 Å². The first kappa shape index (κ1) is 13.1. The van der Waals surface area contributed by atoms with Crippen LogP contribution in [0.25, 0.3) is 0 Å². The summed E-state index contributed by atoms with van der Waals surface area (Å²) in [7, 11) is 0. The molecular formula is C15H26N4. The van der Waals surface area contributed by atoms with Crippen molar-refractivity contribution in [1.82, 2.24) is 20.1 Å². The van der Waals surface area contributed by atoms with Gasteiger partial charge in [-0.15, -0.1) is 10.2 Å². The predicted octanol–water partition coefficient (Wildman–Crippen LogP) is 2.73. The van der Waals surface area contributed by atoms with Gasteiger partial charge in [0.15, 0.2) is 0 Å². The van der Waals surface area contributed by atoms with Crippen molar-refractivity contribution in [3.63, 3.8) is 0 Å². The highest BCUT2D eigenvalue weighted by Crippen LogP contribution is 2.37. The van der Waals surface area contributed by atoms with Gasteiger partial charge in [-0.3, -0.25) is 0 Å². The number of aromatic nitrogens is 3. The van der Waals surface area contributed by atoms with Crippen molar-refractivity contribution in [2.45, 2.75) is 70.3 Å². The molecular weight excluding hydrogens is 236 g/mol. The molecule has 1 aromatic heterocycles. The largest absolute Gasteiger partial charge is 0.316 e. The molecule has 4 heteroatoms. The van der Waals surface area contributed by atoms with Crippen molar-refractivity contribution in [3.05, 3.63) is 11.6 Å². The quantitative estimate of drug-likeness (QED) is 0.911. The van der Waals surface area contributed by atoms with Crippen molar-refractivity contribution in [1.29, 1.82) is 0 Å². The normalized spacial score (nSPS) is 28.9. The lowest BCUT2D eigenvalue weighted by atomic mass is 9.82. The Morgan fingerprint density at radius 3 is 2.68 bits per heavy atom. The van der Waals surface area contributed by atoms with E-state index in [0.717, 1.165) is 25.3 Å². The van der Waals surface area contributed by atoms with E-state index in [-0.39, 0.29) is 5.41 Å². The smallest absolute Gasteiger partial charge is 0.140 e. The summed E-state index contributed by atoms with van der Waals surface area (Å²) in [6.45, 7) is 6.60. The third kappa shape index (κ3) is 2.20. The van der Waals surface area contributed by atoms with Gasteiger partial charge in [0.2, 0.25) is 0 Å². The Morgan fingerprint density at radius 1 is 1.26 bits per heavy atom. The van der Waals surface area contributed by atoms with Crippen molar-refractivity contribution in [3.8, 4) is 0 Å². The first-order valence-corrected chi connectivity index (χ1v) is 7.89. The average molecular weight is 262 g/mol. The zero-order valence-electron chi connectivity index (χ0n) is 12.3. The lowest BCUT2D eigenvalue weighted by Gasteiger charge is -2.31. The highest BCUT2D eigenvalue weighted by atomic mass is 15.3. The molecule has 1 atom stereocenters. The van der Waals surface area contributed by atoms with Gasteiger partial charge in [0.05, 0.1) is 0 Å². The van der Waals surface area contributed by atoms with Crippen molar-refractivity contribution in [2.24, 2.45) is 0 Å². The maximum atomic E-state index is 4.59. The first-order chi connectivity index (χ1) is 9.27. The minimum Gasteiger partial charge on any atom is -0.316 e.